The molecule has 108 valence electrons. The third-order valence-electron chi connectivity index (χ3n) is 3.29. The largest absolute Gasteiger partial charge is 0.462 e. The van der Waals surface area contributed by atoms with Crippen molar-refractivity contribution in [2.45, 2.75) is 20.3 Å². The zero-order valence-corrected chi connectivity index (χ0v) is 12.1. The molecular weight excluding hydrogens is 266 g/mol. The van der Waals surface area contributed by atoms with Crippen LogP contribution in [0.2, 0.25) is 0 Å². The average Bonchev–Trinajstić information content (AvgIpc) is 2.52. The van der Waals surface area contributed by atoms with Gasteiger partial charge in [0.25, 0.3) is 0 Å². The maximum Gasteiger partial charge on any atom is 0.338 e. The molecule has 0 spiro atoms. The molecule has 0 saturated heterocycles. The molecule has 0 saturated carbocycles. The fraction of sp³-hybridized carbons (Fsp3) is 0.235. The lowest BCUT2D eigenvalue weighted by Gasteiger charge is -2.10. The molecule has 0 radical (unpaired) electrons. The van der Waals surface area contributed by atoms with E-state index in [4.69, 9.17) is 10.1 Å². The zero-order valence-electron chi connectivity index (χ0n) is 12.1. The van der Waals surface area contributed by atoms with Crippen molar-refractivity contribution < 1.29 is 14.3 Å². The molecule has 0 heterocycles. The highest BCUT2D eigenvalue weighted by molar-refractivity contribution is 6.47. The molecule has 2 aromatic rings. The van der Waals surface area contributed by atoms with Crippen LogP contribution in [0.1, 0.15) is 36.2 Å². The number of nitrogens with one attached hydrogen (secondary N) is 1. The van der Waals surface area contributed by atoms with Crippen molar-refractivity contribution >= 4 is 28.2 Å². The van der Waals surface area contributed by atoms with Crippen molar-refractivity contribution in [3.05, 3.63) is 47.5 Å². The molecular formula is C17H17NO3. The highest BCUT2D eigenvalue weighted by atomic mass is 16.5. The fourth-order valence-electron chi connectivity index (χ4n) is 2.23. The molecule has 0 amide bonds. The molecule has 0 aliphatic carbocycles. The number of hydrogen-bond donors (Lipinski definition) is 1. The van der Waals surface area contributed by atoms with Gasteiger partial charge in [-0.15, -0.1) is 0 Å². The number of fused-ring (bicyclic) bond motifs is 1. The predicted molar refractivity (Wildman–Crippen MR) is 82.0 cm³/mol. The van der Waals surface area contributed by atoms with Gasteiger partial charge in [0, 0.05) is 12.0 Å². The van der Waals surface area contributed by atoms with Gasteiger partial charge in [-0.3, -0.25) is 10.2 Å². The van der Waals surface area contributed by atoms with Crippen molar-refractivity contribution in [1.82, 2.24) is 0 Å². The van der Waals surface area contributed by atoms with Crippen LogP contribution < -0.4 is 0 Å². The number of hydrogen-bond acceptors (Lipinski definition) is 4. The van der Waals surface area contributed by atoms with Crippen molar-refractivity contribution in [3.8, 4) is 0 Å². The van der Waals surface area contributed by atoms with Crippen LogP contribution in [-0.4, -0.2) is 24.1 Å². The summed E-state index contributed by atoms with van der Waals surface area (Å²) in [6.07, 6.45) is 0.285. The minimum atomic E-state index is -0.395. The van der Waals surface area contributed by atoms with Gasteiger partial charge >= 0.3 is 5.97 Å². The minimum Gasteiger partial charge on any atom is -0.462 e. The Hall–Kier alpha value is -2.49. The van der Waals surface area contributed by atoms with E-state index in [-0.39, 0.29) is 17.9 Å². The molecule has 0 aliphatic rings. The first-order chi connectivity index (χ1) is 10.1. The molecule has 21 heavy (non-hydrogen) atoms. The van der Waals surface area contributed by atoms with Crippen LogP contribution in [0.5, 0.6) is 0 Å². The minimum absolute atomic E-state index is 0.0240. The van der Waals surface area contributed by atoms with Gasteiger partial charge in [0.1, 0.15) is 5.71 Å². The number of rotatable bonds is 5. The lowest BCUT2D eigenvalue weighted by molar-refractivity contribution is -0.112. The number of benzene rings is 2. The van der Waals surface area contributed by atoms with Crippen molar-refractivity contribution in [2.24, 2.45) is 0 Å². The van der Waals surface area contributed by atoms with E-state index in [9.17, 15) is 9.59 Å². The molecule has 0 aliphatic heterocycles. The van der Waals surface area contributed by atoms with Crippen LogP contribution in [0.25, 0.3) is 10.8 Å². The summed E-state index contributed by atoms with van der Waals surface area (Å²) in [6, 6.07) is 10.5. The average molecular weight is 283 g/mol. The van der Waals surface area contributed by atoms with Gasteiger partial charge in [0.05, 0.1) is 12.2 Å². The van der Waals surface area contributed by atoms with E-state index in [1.807, 2.05) is 18.2 Å². The summed E-state index contributed by atoms with van der Waals surface area (Å²) < 4.78 is 5.05. The first-order valence-electron chi connectivity index (χ1n) is 6.91. The maximum atomic E-state index is 12.0. The van der Waals surface area contributed by atoms with Crippen molar-refractivity contribution in [3.63, 3.8) is 0 Å². The Morgan fingerprint density at radius 3 is 2.14 bits per heavy atom. The van der Waals surface area contributed by atoms with E-state index < -0.39 is 5.97 Å². The van der Waals surface area contributed by atoms with E-state index in [0.29, 0.717) is 23.1 Å². The van der Waals surface area contributed by atoms with Gasteiger partial charge in [-0.05, 0) is 23.8 Å². The second-order valence-corrected chi connectivity index (χ2v) is 4.58. The number of esters is 1. The predicted octanol–water partition coefficient (Wildman–Crippen LogP) is 3.36. The molecule has 2 aromatic carbocycles. The summed E-state index contributed by atoms with van der Waals surface area (Å²) in [5, 5.41) is 9.42. The van der Waals surface area contributed by atoms with Gasteiger partial charge in [0.2, 0.25) is 0 Å². The Kier molecular flexibility index (Phi) is 4.48. The molecule has 4 nitrogen and oxygen atoms in total. The molecule has 2 rings (SSSR count). The zero-order chi connectivity index (χ0) is 15.4. The quantitative estimate of drug-likeness (QED) is 0.675. The van der Waals surface area contributed by atoms with Crippen molar-refractivity contribution in [2.75, 3.05) is 6.61 Å². The molecule has 0 atom stereocenters. The van der Waals surface area contributed by atoms with Crippen LogP contribution >= 0.6 is 0 Å². The monoisotopic (exact) mass is 283 g/mol. The summed E-state index contributed by atoms with van der Waals surface area (Å²) >= 11 is 0. The third-order valence-corrected chi connectivity index (χ3v) is 3.29. The molecule has 0 fully saturated rings. The first kappa shape index (κ1) is 14.9. The third kappa shape index (κ3) is 2.84. The van der Waals surface area contributed by atoms with E-state index in [2.05, 4.69) is 0 Å². The standard InChI is InChI=1S/C17H17NO3/c1-3-15(19)16(18)13-9-10-14(17(20)21-4-2)12-8-6-5-7-11(12)13/h5-10,18H,3-4H2,1-2H3. The van der Waals surface area contributed by atoms with Gasteiger partial charge in [0.15, 0.2) is 5.78 Å². The smallest absolute Gasteiger partial charge is 0.338 e. The van der Waals surface area contributed by atoms with Gasteiger partial charge in [-0.25, -0.2) is 4.79 Å². The second kappa shape index (κ2) is 6.31. The summed E-state index contributed by atoms with van der Waals surface area (Å²) in [5.74, 6) is -0.613. The van der Waals surface area contributed by atoms with E-state index in [1.54, 1.807) is 32.0 Å². The number of carbonyl (C=O) groups excluding carboxylic acids is 2. The Labute approximate surface area is 123 Å². The van der Waals surface area contributed by atoms with Gasteiger partial charge in [-0.2, -0.15) is 0 Å². The fourth-order valence-corrected chi connectivity index (χ4v) is 2.23. The van der Waals surface area contributed by atoms with E-state index >= 15 is 0 Å². The highest BCUT2D eigenvalue weighted by Gasteiger charge is 2.17. The number of ketones is 1. The molecule has 0 bridgehead atoms. The summed E-state index contributed by atoms with van der Waals surface area (Å²) in [4.78, 5) is 23.7. The van der Waals surface area contributed by atoms with Crippen LogP contribution in [0.4, 0.5) is 0 Å². The van der Waals surface area contributed by atoms with Gasteiger partial charge < -0.3 is 4.74 Å². The topological polar surface area (TPSA) is 67.2 Å². The lowest BCUT2D eigenvalue weighted by Crippen LogP contribution is -2.14. The Bertz CT molecular complexity index is 719. The van der Waals surface area contributed by atoms with Crippen LogP contribution in [0.15, 0.2) is 36.4 Å². The SMILES string of the molecule is CCOC(=O)c1ccc(C(=N)C(=O)CC)c2ccccc12. The van der Waals surface area contributed by atoms with Crippen LogP contribution in [0.3, 0.4) is 0 Å². The summed E-state index contributed by atoms with van der Waals surface area (Å²) in [6.45, 7) is 3.79. The van der Waals surface area contributed by atoms with Crippen molar-refractivity contribution in [1.29, 1.82) is 5.41 Å². The Morgan fingerprint density at radius 1 is 1.00 bits per heavy atom. The summed E-state index contributed by atoms with van der Waals surface area (Å²) in [7, 11) is 0. The molecule has 1 N–H and O–H groups in total. The van der Waals surface area contributed by atoms with Crippen LogP contribution in [-0.2, 0) is 9.53 Å². The number of carbonyl (C=O) groups is 2. The molecule has 4 heteroatoms. The van der Waals surface area contributed by atoms with E-state index in [1.165, 1.54) is 0 Å². The Balaban J connectivity index is 2.62. The van der Waals surface area contributed by atoms with Gasteiger partial charge in [-0.1, -0.05) is 37.3 Å². The first-order valence-corrected chi connectivity index (χ1v) is 6.91. The van der Waals surface area contributed by atoms with Crippen LogP contribution in [0, 0.1) is 5.41 Å². The number of ether oxygens (including phenoxy) is 1. The second-order valence-electron chi connectivity index (χ2n) is 4.58. The lowest BCUT2D eigenvalue weighted by atomic mass is 9.95. The number of Topliss-reactive ketones (excluding diaryl/α,β-unsaturated/α-hetero) is 1. The molecule has 0 aromatic heterocycles. The highest BCUT2D eigenvalue weighted by Crippen LogP contribution is 2.24. The summed E-state index contributed by atoms with van der Waals surface area (Å²) in [5.41, 5.74) is 0.975. The molecule has 0 unspecified atom stereocenters. The Morgan fingerprint density at radius 2 is 1.57 bits per heavy atom. The normalized spacial score (nSPS) is 10.4. The maximum absolute atomic E-state index is 12.0. The van der Waals surface area contributed by atoms with E-state index in [0.717, 1.165) is 5.39 Å².